The molecule has 0 fully saturated rings. The molecule has 13 heteroatoms. The lowest BCUT2D eigenvalue weighted by atomic mass is 9.94. The van der Waals surface area contributed by atoms with Crippen molar-refractivity contribution in [3.63, 3.8) is 0 Å². The predicted octanol–water partition coefficient (Wildman–Crippen LogP) is 32.7. The zero-order valence-corrected chi connectivity index (χ0v) is 77.9. The summed E-state index contributed by atoms with van der Waals surface area (Å²) in [5.74, 6) is 1.93. The summed E-state index contributed by atoms with van der Waals surface area (Å²) >= 11 is 0. The van der Waals surface area contributed by atoms with Gasteiger partial charge in [-0.2, -0.15) is 0 Å². The highest BCUT2D eigenvalue weighted by atomic mass is 15.2. The first-order valence-corrected chi connectivity index (χ1v) is 48.5. The second kappa shape index (κ2) is 35.4. The van der Waals surface area contributed by atoms with Crippen LogP contribution in [-0.4, -0.2) is 62.3 Å². The molecule has 29 aromatic rings. The van der Waals surface area contributed by atoms with Gasteiger partial charge < -0.3 is 13.7 Å². The Hall–Kier alpha value is -19.6. The molecular weight excluding hydrogens is 1760 g/mol. The number of benzene rings is 19. The fourth-order valence-electron chi connectivity index (χ4n) is 21.0. The Balaban J connectivity index is 0.000000108. The van der Waals surface area contributed by atoms with Crippen LogP contribution in [0.25, 0.3) is 255 Å². The van der Waals surface area contributed by atoms with E-state index in [2.05, 4.69) is 507 Å². The molecule has 0 aliphatic rings. The standard InChI is InChI=1S/C46H30N4.C45H29N5.C40H26N4/c1-4-14-31(15-5-1)34-26-35(32-16-6-2-7-17-32)28-36(27-34)45-39-21-10-12-22-41(39)47-46(48-45)50-42-23-13-11-20-38(42)40-30-43-33(29-44(40)50)24-25-49(43)37-18-8-3-9-19-37;1-4-14-30(15-5-1)33-26-39(31-16-6-2-7-17-31)46-40(27-33)44-36-21-10-12-22-38(36)47-45(48-44)50-41-23-13-11-20-35(41)37-29-42-32(28-43(37)50)24-25-49(42)34-18-8-3-9-19-34;1-3-11-27(12-4-1)28-19-21-29(22-20-28)39-33-16-7-9-17-35(33)41-40(42-39)44-36-18-10-8-15-32(36)34-26-37-30(25-38(34)44)23-24-43(37)31-13-5-2-6-14-31/h1-30H;1-29H;1-26H. The highest BCUT2D eigenvalue weighted by Gasteiger charge is 2.26. The zero-order chi connectivity index (χ0) is 95.1. The molecule has 0 saturated heterocycles. The lowest BCUT2D eigenvalue weighted by molar-refractivity contribution is 1.01. The van der Waals surface area contributed by atoms with E-state index in [1.807, 2.05) is 36.4 Å². The van der Waals surface area contributed by atoms with Gasteiger partial charge in [0.05, 0.1) is 89.0 Å². The van der Waals surface area contributed by atoms with Gasteiger partial charge >= 0.3 is 0 Å². The smallest absolute Gasteiger partial charge is 0.235 e. The highest BCUT2D eigenvalue weighted by molar-refractivity contribution is 6.17. The van der Waals surface area contributed by atoms with Crippen molar-refractivity contribution in [3.8, 4) is 125 Å². The van der Waals surface area contributed by atoms with E-state index in [1.165, 1.54) is 54.7 Å². The second-order valence-corrected chi connectivity index (χ2v) is 36.4. The first-order chi connectivity index (χ1) is 71.4. The van der Waals surface area contributed by atoms with Gasteiger partial charge in [0, 0.05) is 117 Å². The van der Waals surface area contributed by atoms with Crippen LogP contribution in [0.3, 0.4) is 0 Å². The number of aromatic nitrogens is 13. The van der Waals surface area contributed by atoms with Crippen molar-refractivity contribution >= 4 is 131 Å². The van der Waals surface area contributed by atoms with E-state index >= 15 is 0 Å². The van der Waals surface area contributed by atoms with Crippen molar-refractivity contribution in [1.82, 2.24) is 62.3 Å². The molecule has 0 N–H and O–H groups in total. The van der Waals surface area contributed by atoms with Crippen LogP contribution < -0.4 is 0 Å². The van der Waals surface area contributed by atoms with Gasteiger partial charge in [-0.3, -0.25) is 13.7 Å². The largest absolute Gasteiger partial charge is 0.317 e. The van der Waals surface area contributed by atoms with Gasteiger partial charge in [0.2, 0.25) is 17.8 Å². The molecule has 144 heavy (non-hydrogen) atoms. The van der Waals surface area contributed by atoms with Crippen LogP contribution in [0.5, 0.6) is 0 Å². The third-order valence-corrected chi connectivity index (χ3v) is 27.9. The summed E-state index contributed by atoms with van der Waals surface area (Å²) in [6.45, 7) is 0. The number of hydrogen-bond acceptors (Lipinski definition) is 7. The van der Waals surface area contributed by atoms with Crippen molar-refractivity contribution in [2.24, 2.45) is 0 Å². The predicted molar refractivity (Wildman–Crippen MR) is 593 cm³/mol. The molecule has 10 aromatic heterocycles. The molecule has 0 aliphatic carbocycles. The minimum atomic E-state index is 0.611. The summed E-state index contributed by atoms with van der Waals surface area (Å²) in [7, 11) is 0. The van der Waals surface area contributed by atoms with Crippen LogP contribution in [0.2, 0.25) is 0 Å². The maximum atomic E-state index is 5.46. The number of pyridine rings is 1. The Morgan fingerprint density at radius 3 is 0.771 bits per heavy atom. The van der Waals surface area contributed by atoms with Gasteiger partial charge in [-0.25, -0.2) is 34.9 Å². The maximum Gasteiger partial charge on any atom is 0.235 e. The number of nitrogens with zero attached hydrogens (tertiary/aromatic N) is 13. The van der Waals surface area contributed by atoms with E-state index in [9.17, 15) is 0 Å². The maximum absolute atomic E-state index is 5.46. The topological polar surface area (TPSA) is 120 Å². The van der Waals surface area contributed by atoms with Crippen LogP contribution >= 0.6 is 0 Å². The minimum Gasteiger partial charge on any atom is -0.317 e. The SMILES string of the molecule is c1ccc(-c2cc(-c3ccccc3)cc(-c3nc(-n4c5ccccc5c5cc6c(ccn6-c6ccccc6)cc54)nc4ccccc34)c2)cc1.c1ccc(-c2cc(-c3ccccc3)nc(-c3nc(-n4c5ccccc5c5cc6c(ccn6-c6ccccc6)cc54)nc4ccccc34)c2)cc1.c1ccc(-c2ccc(-c3nc(-n4c5ccccc5c5cc6c(ccn6-c6ccccc6)cc54)nc4ccccc34)cc2)cc1. The molecule has 10 heterocycles. The fraction of sp³-hybridized carbons (Fsp3) is 0. The van der Waals surface area contributed by atoms with E-state index in [-0.39, 0.29) is 0 Å². The summed E-state index contributed by atoms with van der Waals surface area (Å²) in [6, 6.07) is 175. The van der Waals surface area contributed by atoms with Crippen molar-refractivity contribution in [2.75, 3.05) is 0 Å². The number of fused-ring (bicyclic) bond motifs is 15. The number of para-hydroxylation sites is 9. The second-order valence-electron chi connectivity index (χ2n) is 36.4. The molecule has 0 saturated carbocycles. The summed E-state index contributed by atoms with van der Waals surface area (Å²) in [5, 5.41) is 13.5. The van der Waals surface area contributed by atoms with E-state index in [0.717, 1.165) is 183 Å². The Kier molecular flexibility index (Phi) is 20.6. The van der Waals surface area contributed by atoms with Crippen molar-refractivity contribution in [2.45, 2.75) is 0 Å². The van der Waals surface area contributed by atoms with Gasteiger partial charge in [0.15, 0.2) is 0 Å². The third-order valence-electron chi connectivity index (χ3n) is 27.9. The fourth-order valence-corrected chi connectivity index (χ4v) is 21.0. The minimum absolute atomic E-state index is 0.611. The molecule has 0 unspecified atom stereocenters. The highest BCUT2D eigenvalue weighted by Crippen LogP contribution is 2.45. The van der Waals surface area contributed by atoms with Crippen LogP contribution in [-0.2, 0) is 0 Å². The van der Waals surface area contributed by atoms with Gasteiger partial charge in [0.25, 0.3) is 0 Å². The zero-order valence-electron chi connectivity index (χ0n) is 77.9. The quantitative estimate of drug-likeness (QED) is 0.106. The molecule has 19 aromatic carbocycles. The van der Waals surface area contributed by atoms with Crippen molar-refractivity contribution < 1.29 is 0 Å². The molecule has 674 valence electrons. The molecule has 0 bridgehead atoms. The molecule has 13 nitrogen and oxygen atoms in total. The van der Waals surface area contributed by atoms with Crippen LogP contribution in [0.1, 0.15) is 0 Å². The van der Waals surface area contributed by atoms with Crippen LogP contribution in [0.4, 0.5) is 0 Å². The van der Waals surface area contributed by atoms with Gasteiger partial charge in [-0.1, -0.05) is 340 Å². The normalized spacial score (nSPS) is 11.6. The number of hydrogen-bond donors (Lipinski definition) is 0. The summed E-state index contributed by atoms with van der Waals surface area (Å²) in [5.41, 5.74) is 32.7. The Morgan fingerprint density at radius 2 is 0.403 bits per heavy atom. The van der Waals surface area contributed by atoms with Gasteiger partial charge in [-0.15, -0.1) is 0 Å². The summed E-state index contributed by atoms with van der Waals surface area (Å²) < 4.78 is 13.4. The molecule has 0 aliphatic heterocycles. The summed E-state index contributed by atoms with van der Waals surface area (Å²) in [6.07, 6.45) is 6.45. The lowest BCUT2D eigenvalue weighted by Crippen LogP contribution is -2.04. The molecule has 0 atom stereocenters. The van der Waals surface area contributed by atoms with Gasteiger partial charge in [-0.05, 0) is 202 Å². The Labute approximate surface area is 828 Å². The molecular formula is C131H85N13. The van der Waals surface area contributed by atoms with E-state index in [4.69, 9.17) is 34.9 Å². The average Bonchev–Trinajstić information content (AvgIpc) is 1.56. The molecule has 0 spiro atoms. The average molecular weight is 1840 g/mol. The van der Waals surface area contributed by atoms with Gasteiger partial charge in [0.1, 0.15) is 5.69 Å². The molecule has 0 amide bonds. The summed E-state index contributed by atoms with van der Waals surface area (Å²) in [4.78, 5) is 37.0. The first kappa shape index (κ1) is 83.7. The molecule has 29 rings (SSSR count). The van der Waals surface area contributed by atoms with E-state index in [0.29, 0.717) is 17.8 Å². The monoisotopic (exact) mass is 1840 g/mol. The van der Waals surface area contributed by atoms with Crippen LogP contribution in [0.15, 0.2) is 516 Å². The number of rotatable bonds is 14. The van der Waals surface area contributed by atoms with E-state index < -0.39 is 0 Å². The van der Waals surface area contributed by atoms with Crippen LogP contribution in [0, 0.1) is 0 Å². The first-order valence-electron chi connectivity index (χ1n) is 48.5. The molecule has 0 radical (unpaired) electrons. The van der Waals surface area contributed by atoms with Crippen molar-refractivity contribution in [3.05, 3.63) is 516 Å². The van der Waals surface area contributed by atoms with Crippen molar-refractivity contribution in [1.29, 1.82) is 0 Å². The Bertz CT molecular complexity index is 9480. The third kappa shape index (κ3) is 14.9. The Morgan fingerprint density at radius 1 is 0.139 bits per heavy atom. The van der Waals surface area contributed by atoms with E-state index in [1.54, 1.807) is 0 Å². The lowest BCUT2D eigenvalue weighted by Gasteiger charge is -2.14.